The fourth-order valence-electron chi connectivity index (χ4n) is 3.14. The van der Waals surface area contributed by atoms with Crippen LogP contribution in [0.2, 0.25) is 0 Å². The van der Waals surface area contributed by atoms with Gasteiger partial charge in [0, 0.05) is 32.9 Å². The van der Waals surface area contributed by atoms with Crippen molar-refractivity contribution in [2.45, 2.75) is 51.2 Å². The van der Waals surface area contributed by atoms with E-state index < -0.39 is 27.6 Å². The van der Waals surface area contributed by atoms with Gasteiger partial charge in [-0.05, 0) is 51.0 Å². The number of benzene rings is 2. The van der Waals surface area contributed by atoms with E-state index in [9.17, 15) is 13.2 Å². The van der Waals surface area contributed by atoms with Crippen LogP contribution in [0.1, 0.15) is 34.6 Å². The maximum absolute atomic E-state index is 13.1. The average Bonchev–Trinajstić information content (AvgIpc) is 3.01. The van der Waals surface area contributed by atoms with Gasteiger partial charge in [-0.1, -0.05) is 26.0 Å². The summed E-state index contributed by atoms with van der Waals surface area (Å²) in [5, 5.41) is 5.20. The standard InChI is InChI=1S/C22H28N2O4S2/c1-13(2)20(21(25)28-22(3,4)5)24-30(26,27)15-8-10-17-16-9-7-14(23-6)11-18(16)29-19(17)12-15/h7-13,20,23-24H,1-6H3/t20-/m0/s1. The molecule has 0 aliphatic rings. The molecule has 2 N–H and O–H groups in total. The molecule has 0 unspecified atom stereocenters. The Kier molecular flexibility index (Phi) is 6.13. The van der Waals surface area contributed by atoms with Crippen molar-refractivity contribution in [3.05, 3.63) is 36.4 Å². The molecule has 0 aliphatic heterocycles. The van der Waals surface area contributed by atoms with E-state index in [2.05, 4.69) is 10.0 Å². The van der Waals surface area contributed by atoms with Crippen molar-refractivity contribution >= 4 is 53.2 Å². The molecule has 0 spiro atoms. The van der Waals surface area contributed by atoms with Crippen LogP contribution >= 0.6 is 11.3 Å². The molecular formula is C22H28N2O4S2. The molecule has 2 aromatic carbocycles. The highest BCUT2D eigenvalue weighted by Crippen LogP contribution is 2.36. The minimum Gasteiger partial charge on any atom is -0.459 e. The lowest BCUT2D eigenvalue weighted by Gasteiger charge is -2.26. The van der Waals surface area contributed by atoms with Crippen LogP contribution in [-0.2, 0) is 19.6 Å². The molecule has 162 valence electrons. The smallest absolute Gasteiger partial charge is 0.324 e. The van der Waals surface area contributed by atoms with Gasteiger partial charge in [0.2, 0.25) is 10.0 Å². The lowest BCUT2D eigenvalue weighted by Crippen LogP contribution is -2.47. The normalized spacial score (nSPS) is 13.7. The Morgan fingerprint density at radius 3 is 2.20 bits per heavy atom. The van der Waals surface area contributed by atoms with Crippen molar-refractivity contribution < 1.29 is 17.9 Å². The third-order valence-electron chi connectivity index (χ3n) is 4.65. The van der Waals surface area contributed by atoms with Crippen LogP contribution in [0.15, 0.2) is 41.3 Å². The summed E-state index contributed by atoms with van der Waals surface area (Å²) in [5.74, 6) is -0.841. The fourth-order valence-corrected chi connectivity index (χ4v) is 5.76. The Labute approximate surface area is 181 Å². The van der Waals surface area contributed by atoms with Gasteiger partial charge in [0.15, 0.2) is 0 Å². The van der Waals surface area contributed by atoms with Gasteiger partial charge in [-0.25, -0.2) is 8.42 Å². The van der Waals surface area contributed by atoms with Gasteiger partial charge in [0.05, 0.1) is 4.90 Å². The molecule has 0 aliphatic carbocycles. The van der Waals surface area contributed by atoms with Crippen LogP contribution in [-0.4, -0.2) is 33.1 Å². The van der Waals surface area contributed by atoms with E-state index in [-0.39, 0.29) is 10.8 Å². The predicted octanol–water partition coefficient (Wildman–Crippen LogP) is 4.74. The molecule has 0 saturated carbocycles. The van der Waals surface area contributed by atoms with Crippen molar-refractivity contribution in [2.24, 2.45) is 5.92 Å². The van der Waals surface area contributed by atoms with Crippen LogP contribution in [0.3, 0.4) is 0 Å². The molecule has 1 aromatic heterocycles. The number of hydrogen-bond acceptors (Lipinski definition) is 6. The van der Waals surface area contributed by atoms with Crippen LogP contribution in [0.25, 0.3) is 20.2 Å². The van der Waals surface area contributed by atoms with E-state index >= 15 is 0 Å². The molecule has 6 nitrogen and oxygen atoms in total. The van der Waals surface area contributed by atoms with Gasteiger partial charge in [0.1, 0.15) is 11.6 Å². The van der Waals surface area contributed by atoms with E-state index in [0.29, 0.717) is 0 Å². The van der Waals surface area contributed by atoms with Crippen LogP contribution in [0.4, 0.5) is 5.69 Å². The van der Waals surface area contributed by atoms with Crippen LogP contribution < -0.4 is 10.0 Å². The molecule has 0 saturated heterocycles. The molecule has 1 heterocycles. The van der Waals surface area contributed by atoms with Gasteiger partial charge in [-0.2, -0.15) is 4.72 Å². The SMILES string of the molecule is CNc1ccc2c(c1)sc1cc(S(=O)(=O)N[C@H](C(=O)OC(C)(C)C)C(C)C)ccc12. The summed E-state index contributed by atoms with van der Waals surface area (Å²) < 4.78 is 36.0. The molecule has 30 heavy (non-hydrogen) atoms. The molecule has 0 bridgehead atoms. The largest absolute Gasteiger partial charge is 0.459 e. The second-order valence-electron chi connectivity index (χ2n) is 8.60. The highest BCUT2D eigenvalue weighted by molar-refractivity contribution is 7.89. The lowest BCUT2D eigenvalue weighted by atomic mass is 10.1. The number of carbonyl (C=O) groups excluding carboxylic acids is 1. The molecule has 0 amide bonds. The summed E-state index contributed by atoms with van der Waals surface area (Å²) in [6.45, 7) is 8.83. The van der Waals surface area contributed by atoms with Crippen LogP contribution in [0, 0.1) is 5.92 Å². The number of nitrogens with one attached hydrogen (secondary N) is 2. The second kappa shape index (κ2) is 8.17. The number of carbonyl (C=O) groups is 1. The van der Waals surface area contributed by atoms with Gasteiger partial charge in [-0.3, -0.25) is 4.79 Å². The van der Waals surface area contributed by atoms with E-state index in [0.717, 1.165) is 25.9 Å². The van der Waals surface area contributed by atoms with Crippen molar-refractivity contribution in [3.63, 3.8) is 0 Å². The van der Waals surface area contributed by atoms with Gasteiger partial charge >= 0.3 is 5.97 Å². The summed E-state index contributed by atoms with van der Waals surface area (Å²) in [6, 6.07) is 10.2. The quantitative estimate of drug-likeness (QED) is 0.532. The summed E-state index contributed by atoms with van der Waals surface area (Å²) >= 11 is 1.54. The zero-order valence-corrected chi connectivity index (χ0v) is 19.7. The number of thiophene rings is 1. The van der Waals surface area contributed by atoms with Crippen molar-refractivity contribution in [2.75, 3.05) is 12.4 Å². The summed E-state index contributed by atoms with van der Waals surface area (Å²) in [5.41, 5.74) is 0.304. The van der Waals surface area contributed by atoms with Crippen molar-refractivity contribution in [3.8, 4) is 0 Å². The molecule has 3 rings (SSSR count). The summed E-state index contributed by atoms with van der Waals surface area (Å²) in [7, 11) is -2.04. The van der Waals surface area contributed by atoms with Gasteiger partial charge in [-0.15, -0.1) is 11.3 Å². The van der Waals surface area contributed by atoms with Gasteiger partial charge in [0.25, 0.3) is 0 Å². The first-order valence-corrected chi connectivity index (χ1v) is 12.1. The number of anilines is 1. The number of sulfonamides is 1. The monoisotopic (exact) mass is 448 g/mol. The van der Waals surface area contributed by atoms with Gasteiger partial charge < -0.3 is 10.1 Å². The first kappa shape index (κ1) is 22.5. The van der Waals surface area contributed by atoms with Crippen molar-refractivity contribution in [1.82, 2.24) is 4.72 Å². The minimum atomic E-state index is -3.90. The summed E-state index contributed by atoms with van der Waals surface area (Å²) in [6.07, 6.45) is 0. The topological polar surface area (TPSA) is 84.5 Å². The third-order valence-corrected chi connectivity index (χ3v) is 7.21. The number of ether oxygens (including phenoxy) is 1. The number of rotatable bonds is 6. The molecular weight excluding hydrogens is 420 g/mol. The Bertz CT molecular complexity index is 1190. The third kappa shape index (κ3) is 4.77. The Morgan fingerprint density at radius 2 is 1.63 bits per heavy atom. The number of esters is 1. The second-order valence-corrected chi connectivity index (χ2v) is 11.4. The average molecular weight is 449 g/mol. The maximum Gasteiger partial charge on any atom is 0.324 e. The predicted molar refractivity (Wildman–Crippen MR) is 124 cm³/mol. The zero-order chi connectivity index (χ0) is 22.3. The minimum absolute atomic E-state index is 0.129. The number of fused-ring (bicyclic) bond motifs is 3. The van der Waals surface area contributed by atoms with Crippen LogP contribution in [0.5, 0.6) is 0 Å². The van der Waals surface area contributed by atoms with E-state index in [1.54, 1.807) is 46.8 Å². The summed E-state index contributed by atoms with van der Waals surface area (Å²) in [4.78, 5) is 12.7. The first-order chi connectivity index (χ1) is 13.9. The highest BCUT2D eigenvalue weighted by atomic mass is 32.2. The molecule has 0 fully saturated rings. The Balaban J connectivity index is 1.96. The molecule has 3 aromatic rings. The zero-order valence-electron chi connectivity index (χ0n) is 18.1. The number of hydrogen-bond donors (Lipinski definition) is 2. The first-order valence-electron chi connectivity index (χ1n) is 9.80. The maximum atomic E-state index is 13.1. The molecule has 1 atom stereocenters. The Morgan fingerprint density at radius 1 is 1.03 bits per heavy atom. The lowest BCUT2D eigenvalue weighted by molar-refractivity contribution is -0.158. The fraction of sp³-hybridized carbons (Fsp3) is 0.409. The van der Waals surface area contributed by atoms with E-state index in [1.807, 2.05) is 31.3 Å². The Hall–Kier alpha value is -2.16. The molecule has 8 heteroatoms. The highest BCUT2D eigenvalue weighted by Gasteiger charge is 2.32. The van der Waals surface area contributed by atoms with E-state index in [4.69, 9.17) is 4.74 Å². The molecule has 0 radical (unpaired) electrons. The van der Waals surface area contributed by atoms with Crippen molar-refractivity contribution in [1.29, 1.82) is 0 Å². The van der Waals surface area contributed by atoms with E-state index in [1.165, 1.54) is 11.3 Å².